The molecular formula is C16H15NO5. The van der Waals surface area contributed by atoms with E-state index in [1.54, 1.807) is 31.4 Å². The van der Waals surface area contributed by atoms with Crippen molar-refractivity contribution in [2.24, 2.45) is 0 Å². The number of quaternary nitrogens is 1. The van der Waals surface area contributed by atoms with Gasteiger partial charge in [0.1, 0.15) is 11.9 Å². The first kappa shape index (κ1) is 14.5. The van der Waals surface area contributed by atoms with E-state index in [2.05, 4.69) is 0 Å². The van der Waals surface area contributed by atoms with Gasteiger partial charge in [0.05, 0.1) is 12.7 Å². The number of carbonyl (C=O) groups is 1. The number of esters is 1. The highest BCUT2D eigenvalue weighted by atomic mass is 16.8. The predicted molar refractivity (Wildman–Crippen MR) is 77.1 cm³/mol. The first-order valence-corrected chi connectivity index (χ1v) is 6.79. The van der Waals surface area contributed by atoms with Crippen molar-refractivity contribution in [3.8, 4) is 5.75 Å². The Morgan fingerprint density at radius 3 is 2.64 bits per heavy atom. The highest BCUT2D eigenvalue weighted by molar-refractivity contribution is 5.92. The summed E-state index contributed by atoms with van der Waals surface area (Å²) in [5.74, 6) is 0.310. The minimum atomic E-state index is -0.984. The van der Waals surface area contributed by atoms with E-state index < -0.39 is 11.3 Å². The smallest absolute Gasteiger partial charge is 0.339 e. The van der Waals surface area contributed by atoms with Crippen LogP contribution in [0.5, 0.6) is 5.75 Å². The number of hydrogen-bond acceptors (Lipinski definition) is 5. The number of ether oxygens (including phenoxy) is 2. The van der Waals surface area contributed by atoms with Gasteiger partial charge in [0.15, 0.2) is 5.69 Å². The van der Waals surface area contributed by atoms with Gasteiger partial charge in [-0.1, -0.05) is 0 Å². The largest absolute Gasteiger partial charge is 0.595 e. The second-order valence-corrected chi connectivity index (χ2v) is 5.05. The molecule has 1 aliphatic heterocycles. The van der Waals surface area contributed by atoms with Crippen LogP contribution in [0.3, 0.4) is 0 Å². The summed E-state index contributed by atoms with van der Waals surface area (Å²) >= 11 is 0. The van der Waals surface area contributed by atoms with Gasteiger partial charge in [0, 0.05) is 18.6 Å². The summed E-state index contributed by atoms with van der Waals surface area (Å²) in [4.78, 5) is 12.1. The van der Waals surface area contributed by atoms with Crippen LogP contribution in [0.25, 0.3) is 0 Å². The molecule has 2 aromatic carbocycles. The van der Waals surface area contributed by atoms with E-state index in [1.165, 1.54) is 12.1 Å². The quantitative estimate of drug-likeness (QED) is 0.664. The molecule has 0 aliphatic carbocycles. The Morgan fingerprint density at radius 2 is 2.00 bits per heavy atom. The Balaban J connectivity index is 1.89. The fourth-order valence-electron chi connectivity index (χ4n) is 2.53. The molecule has 0 amide bonds. The van der Waals surface area contributed by atoms with Gasteiger partial charge >= 0.3 is 5.97 Å². The molecule has 114 valence electrons. The minimum Gasteiger partial charge on any atom is -0.595 e. The molecule has 2 atom stereocenters. The normalized spacial score (nSPS) is 18.3. The zero-order valence-corrected chi connectivity index (χ0v) is 11.9. The molecule has 0 radical (unpaired) electrons. The number of benzene rings is 2. The standard InChI is InChI=1S/C16H15NO5/c1-21-13-6-7-14-11(8-13)9-15(22-16(14)18)10-2-4-12(5-3-10)17(19)20/h2-8,15,17,19H,9H2,1H3. The van der Waals surface area contributed by atoms with Crippen LogP contribution in [0.1, 0.15) is 27.6 Å². The third-order valence-electron chi connectivity index (χ3n) is 3.72. The lowest BCUT2D eigenvalue weighted by Gasteiger charge is -2.25. The lowest BCUT2D eigenvalue weighted by Crippen LogP contribution is -2.99. The minimum absolute atomic E-state index is 0.202. The lowest BCUT2D eigenvalue weighted by atomic mass is 9.94. The van der Waals surface area contributed by atoms with Gasteiger partial charge < -0.3 is 14.7 Å². The van der Waals surface area contributed by atoms with Crippen LogP contribution in [-0.2, 0) is 11.2 Å². The topological polar surface area (TPSA) is 83.3 Å². The molecular weight excluding hydrogens is 286 g/mol. The molecule has 1 heterocycles. The van der Waals surface area contributed by atoms with Gasteiger partial charge in [0.25, 0.3) is 0 Å². The monoisotopic (exact) mass is 301 g/mol. The van der Waals surface area contributed by atoms with E-state index in [1.807, 2.05) is 6.07 Å². The Hall–Kier alpha value is -2.41. The van der Waals surface area contributed by atoms with Crippen LogP contribution in [0, 0.1) is 5.21 Å². The van der Waals surface area contributed by atoms with Crippen molar-refractivity contribution < 1.29 is 24.7 Å². The summed E-state index contributed by atoms with van der Waals surface area (Å²) in [7, 11) is 1.57. The number of cyclic esters (lactones) is 1. The second-order valence-electron chi connectivity index (χ2n) is 5.05. The predicted octanol–water partition coefficient (Wildman–Crippen LogP) is 1.55. The average Bonchev–Trinajstić information content (AvgIpc) is 2.54. The molecule has 0 saturated carbocycles. The summed E-state index contributed by atoms with van der Waals surface area (Å²) in [5.41, 5.74) is 2.38. The third-order valence-corrected chi connectivity index (χ3v) is 3.72. The van der Waals surface area contributed by atoms with Crippen LogP contribution >= 0.6 is 0 Å². The fraction of sp³-hybridized carbons (Fsp3) is 0.188. The highest BCUT2D eigenvalue weighted by Gasteiger charge is 2.27. The molecule has 0 aromatic heterocycles. The third kappa shape index (κ3) is 2.67. The van der Waals surface area contributed by atoms with E-state index in [4.69, 9.17) is 14.7 Å². The van der Waals surface area contributed by atoms with Gasteiger partial charge in [-0.05, 0) is 41.5 Å². The van der Waals surface area contributed by atoms with Crippen LogP contribution in [0.2, 0.25) is 0 Å². The van der Waals surface area contributed by atoms with Crippen LogP contribution < -0.4 is 9.96 Å². The molecule has 0 saturated heterocycles. The number of fused-ring (bicyclic) bond motifs is 1. The molecule has 1 aliphatic rings. The number of rotatable bonds is 3. The molecule has 0 fully saturated rings. The van der Waals surface area contributed by atoms with Crippen LogP contribution in [-0.4, -0.2) is 18.3 Å². The first-order valence-electron chi connectivity index (χ1n) is 6.79. The summed E-state index contributed by atoms with van der Waals surface area (Å²) in [6, 6.07) is 11.6. The van der Waals surface area contributed by atoms with Gasteiger partial charge in [-0.2, -0.15) is 5.23 Å². The van der Waals surface area contributed by atoms with Gasteiger partial charge in [-0.25, -0.2) is 10.0 Å². The molecule has 0 bridgehead atoms. The fourth-order valence-corrected chi connectivity index (χ4v) is 2.53. The maximum Gasteiger partial charge on any atom is 0.339 e. The Bertz CT molecular complexity index is 696. The van der Waals surface area contributed by atoms with Gasteiger partial charge in [0.2, 0.25) is 0 Å². The van der Waals surface area contributed by atoms with Gasteiger partial charge in [-0.3, -0.25) is 0 Å². The molecule has 2 unspecified atom stereocenters. The number of hydrogen-bond donors (Lipinski definition) is 2. The molecule has 22 heavy (non-hydrogen) atoms. The van der Waals surface area contributed by atoms with E-state index in [9.17, 15) is 10.0 Å². The van der Waals surface area contributed by atoms with Crippen molar-refractivity contribution in [1.82, 2.24) is 0 Å². The zero-order chi connectivity index (χ0) is 15.7. The molecule has 2 N–H and O–H groups in total. The molecule has 3 rings (SSSR count). The van der Waals surface area contributed by atoms with E-state index in [-0.39, 0.29) is 11.7 Å². The van der Waals surface area contributed by atoms with Crippen molar-refractivity contribution in [2.75, 3.05) is 7.11 Å². The van der Waals surface area contributed by atoms with E-state index in [0.717, 1.165) is 11.1 Å². The van der Waals surface area contributed by atoms with E-state index in [0.29, 0.717) is 17.7 Å². The van der Waals surface area contributed by atoms with Crippen molar-refractivity contribution in [3.63, 3.8) is 0 Å². The van der Waals surface area contributed by atoms with Crippen molar-refractivity contribution in [3.05, 3.63) is 64.4 Å². The number of nitrogens with one attached hydrogen (secondary N) is 1. The van der Waals surface area contributed by atoms with E-state index >= 15 is 0 Å². The lowest BCUT2D eigenvalue weighted by molar-refractivity contribution is -0.991. The average molecular weight is 301 g/mol. The summed E-state index contributed by atoms with van der Waals surface area (Å²) in [5, 5.41) is 18.8. The highest BCUT2D eigenvalue weighted by Crippen LogP contribution is 2.32. The van der Waals surface area contributed by atoms with Crippen LogP contribution in [0.4, 0.5) is 5.69 Å². The summed E-state index contributed by atoms with van der Waals surface area (Å²) < 4.78 is 10.6. The maximum absolute atomic E-state index is 12.1. The second kappa shape index (κ2) is 5.76. The summed E-state index contributed by atoms with van der Waals surface area (Å²) in [6.07, 6.45) is 0.111. The van der Waals surface area contributed by atoms with Crippen molar-refractivity contribution >= 4 is 11.7 Å². The zero-order valence-electron chi connectivity index (χ0n) is 11.9. The molecule has 6 nitrogen and oxygen atoms in total. The van der Waals surface area contributed by atoms with Crippen molar-refractivity contribution in [2.45, 2.75) is 12.5 Å². The Labute approximate surface area is 127 Å². The number of methoxy groups -OCH3 is 1. The first-order chi connectivity index (χ1) is 10.6. The maximum atomic E-state index is 12.1. The number of carbonyl (C=O) groups excluding carboxylic acids is 1. The Kier molecular flexibility index (Phi) is 3.81. The van der Waals surface area contributed by atoms with Crippen LogP contribution in [0.15, 0.2) is 42.5 Å². The molecule has 0 spiro atoms. The Morgan fingerprint density at radius 1 is 1.27 bits per heavy atom. The molecule has 6 heteroatoms. The molecule has 2 aromatic rings. The van der Waals surface area contributed by atoms with Crippen molar-refractivity contribution in [1.29, 1.82) is 0 Å². The SMILES string of the molecule is COc1ccc2c(c1)CC(c1ccc([NH+]([O-])O)cc1)OC2=O. The summed E-state index contributed by atoms with van der Waals surface area (Å²) in [6.45, 7) is 0. The van der Waals surface area contributed by atoms with Gasteiger partial charge in [-0.15, -0.1) is 0 Å².